The third-order valence-corrected chi connectivity index (χ3v) is 10.6. The monoisotopic (exact) mass is 751 g/mol. The fourth-order valence-corrected chi connectivity index (χ4v) is 7.53. The number of amides is 1. The van der Waals surface area contributed by atoms with E-state index in [0.29, 0.717) is 27.8 Å². The maximum Gasteiger partial charge on any atom is 0.335 e. The molecule has 0 aliphatic carbocycles. The molecule has 1 amide bonds. The zero-order chi connectivity index (χ0) is 38.0. The lowest BCUT2D eigenvalue weighted by molar-refractivity contribution is 0.0696. The van der Waals surface area contributed by atoms with Crippen LogP contribution in [-0.2, 0) is 0 Å². The minimum absolute atomic E-state index is 0.00628. The first-order valence-electron chi connectivity index (χ1n) is 19.5. The SMILES string of the molecule is CCCCCCCCCCCCCCCCCCOc1ccc(C(=O)O)cc1NC(=O)c1cc(Sc2nnnn2-c2ccccc2)c2ccccc2c1O. The number of nitrogens with zero attached hydrogens (tertiary/aromatic N) is 4. The van der Waals surface area contributed by atoms with Gasteiger partial charge in [0.25, 0.3) is 5.91 Å². The number of phenolic OH excluding ortho intramolecular Hbond substituents is 1. The number of anilines is 1. The molecule has 11 heteroatoms. The number of ether oxygens (including phenoxy) is 1. The smallest absolute Gasteiger partial charge is 0.335 e. The minimum atomic E-state index is -1.13. The first kappa shape index (κ1) is 40.3. The molecule has 4 aromatic carbocycles. The fourth-order valence-electron chi connectivity index (χ4n) is 6.56. The molecule has 0 atom stereocenters. The van der Waals surface area contributed by atoms with Crippen LogP contribution in [-0.4, -0.2) is 48.9 Å². The number of carbonyl (C=O) groups excluding carboxylic acids is 1. The molecule has 0 unspecified atom stereocenters. The van der Waals surface area contributed by atoms with Gasteiger partial charge in [-0.1, -0.05) is 146 Å². The molecule has 0 saturated carbocycles. The lowest BCUT2D eigenvalue weighted by atomic mass is 10.0. The van der Waals surface area contributed by atoms with E-state index in [1.807, 2.05) is 42.5 Å². The highest BCUT2D eigenvalue weighted by atomic mass is 32.2. The molecule has 1 heterocycles. The van der Waals surface area contributed by atoms with Crippen LogP contribution in [0.2, 0.25) is 0 Å². The van der Waals surface area contributed by atoms with Crippen LogP contribution >= 0.6 is 11.8 Å². The average Bonchev–Trinajstić information content (AvgIpc) is 3.66. The molecule has 5 aromatic rings. The van der Waals surface area contributed by atoms with E-state index < -0.39 is 11.9 Å². The summed E-state index contributed by atoms with van der Waals surface area (Å²) in [5, 5.41) is 37.7. The van der Waals surface area contributed by atoms with Gasteiger partial charge in [0.2, 0.25) is 5.16 Å². The average molecular weight is 752 g/mol. The van der Waals surface area contributed by atoms with Crippen LogP contribution in [0.4, 0.5) is 5.69 Å². The molecule has 3 N–H and O–H groups in total. The van der Waals surface area contributed by atoms with E-state index in [1.54, 1.807) is 28.9 Å². The normalized spacial score (nSPS) is 11.2. The van der Waals surface area contributed by atoms with Crippen molar-refractivity contribution in [2.45, 2.75) is 120 Å². The summed E-state index contributed by atoms with van der Waals surface area (Å²) in [6.07, 6.45) is 20.5. The molecule has 54 heavy (non-hydrogen) atoms. The summed E-state index contributed by atoms with van der Waals surface area (Å²) in [5.74, 6) is -1.57. The Labute approximate surface area is 322 Å². The molecule has 0 bridgehead atoms. The number of tetrazole rings is 1. The van der Waals surface area contributed by atoms with Crippen molar-refractivity contribution < 1.29 is 24.5 Å². The number of carbonyl (C=O) groups is 2. The van der Waals surface area contributed by atoms with Crippen molar-refractivity contribution >= 4 is 40.1 Å². The Kier molecular flexibility index (Phi) is 16.2. The second-order valence-corrected chi connectivity index (χ2v) is 14.8. The Balaban J connectivity index is 1.15. The van der Waals surface area contributed by atoms with Gasteiger partial charge < -0.3 is 20.3 Å². The lowest BCUT2D eigenvalue weighted by Crippen LogP contribution is -2.14. The molecule has 0 saturated heterocycles. The second kappa shape index (κ2) is 21.7. The second-order valence-electron chi connectivity index (χ2n) is 13.7. The molecule has 0 aliphatic heterocycles. The number of nitrogens with one attached hydrogen (secondary N) is 1. The number of aromatic carboxylic acids is 1. The Hall–Kier alpha value is -4.90. The number of hydrogen-bond donors (Lipinski definition) is 3. The van der Waals surface area contributed by atoms with Gasteiger partial charge in [-0.25, -0.2) is 4.79 Å². The summed E-state index contributed by atoms with van der Waals surface area (Å²) in [7, 11) is 0. The zero-order valence-electron chi connectivity index (χ0n) is 31.3. The van der Waals surface area contributed by atoms with Gasteiger partial charge in [0.1, 0.15) is 11.5 Å². The van der Waals surface area contributed by atoms with E-state index in [-0.39, 0.29) is 22.6 Å². The number of carboxylic acid groups (broad SMARTS) is 1. The number of aromatic hydroxyl groups is 1. The molecular formula is C43H53N5O5S. The topological polar surface area (TPSA) is 139 Å². The number of para-hydroxylation sites is 1. The molecular weight excluding hydrogens is 699 g/mol. The summed E-state index contributed by atoms with van der Waals surface area (Å²) in [6.45, 7) is 2.70. The summed E-state index contributed by atoms with van der Waals surface area (Å²) >= 11 is 1.26. The van der Waals surface area contributed by atoms with Crippen LogP contribution in [0.1, 0.15) is 130 Å². The predicted octanol–water partition coefficient (Wildman–Crippen LogP) is 11.3. The van der Waals surface area contributed by atoms with E-state index in [1.165, 1.54) is 107 Å². The maximum absolute atomic E-state index is 13.9. The number of hydrogen-bond acceptors (Lipinski definition) is 8. The molecule has 0 fully saturated rings. The highest BCUT2D eigenvalue weighted by molar-refractivity contribution is 7.99. The maximum atomic E-state index is 13.9. The first-order chi connectivity index (χ1) is 26.5. The van der Waals surface area contributed by atoms with Crippen LogP contribution in [0.3, 0.4) is 0 Å². The van der Waals surface area contributed by atoms with Gasteiger partial charge >= 0.3 is 5.97 Å². The Bertz CT molecular complexity index is 1930. The summed E-state index contributed by atoms with van der Waals surface area (Å²) in [5.41, 5.74) is 1.01. The van der Waals surface area contributed by atoms with Crippen molar-refractivity contribution in [2.24, 2.45) is 0 Å². The summed E-state index contributed by atoms with van der Waals surface area (Å²) in [6, 6.07) is 22.7. The van der Waals surface area contributed by atoms with E-state index in [0.717, 1.165) is 30.3 Å². The first-order valence-corrected chi connectivity index (χ1v) is 20.4. The van der Waals surface area contributed by atoms with E-state index >= 15 is 0 Å². The summed E-state index contributed by atoms with van der Waals surface area (Å²) in [4.78, 5) is 26.4. The van der Waals surface area contributed by atoms with Crippen LogP contribution in [0, 0.1) is 0 Å². The Morgan fingerprint density at radius 1 is 0.741 bits per heavy atom. The lowest BCUT2D eigenvalue weighted by Gasteiger charge is -2.16. The molecule has 5 rings (SSSR count). The van der Waals surface area contributed by atoms with Gasteiger partial charge in [0.15, 0.2) is 0 Å². The number of phenols is 1. The van der Waals surface area contributed by atoms with E-state index in [4.69, 9.17) is 4.74 Å². The van der Waals surface area contributed by atoms with Gasteiger partial charge in [0, 0.05) is 10.3 Å². The molecule has 286 valence electrons. The quantitative estimate of drug-likeness (QED) is 0.0526. The van der Waals surface area contributed by atoms with Crippen LogP contribution < -0.4 is 10.1 Å². The Morgan fingerprint density at radius 2 is 1.33 bits per heavy atom. The van der Waals surface area contributed by atoms with Crippen LogP contribution in [0.5, 0.6) is 11.5 Å². The van der Waals surface area contributed by atoms with Gasteiger partial charge in [0.05, 0.1) is 29.1 Å². The molecule has 10 nitrogen and oxygen atoms in total. The van der Waals surface area contributed by atoms with Crippen molar-refractivity contribution in [1.29, 1.82) is 0 Å². The predicted molar refractivity (Wildman–Crippen MR) is 215 cm³/mol. The minimum Gasteiger partial charge on any atom is -0.506 e. The number of carboxylic acids is 1. The number of fused-ring (bicyclic) bond motifs is 1. The molecule has 0 aliphatic rings. The molecule has 0 spiro atoms. The van der Waals surface area contributed by atoms with Gasteiger partial charge in [-0.3, -0.25) is 4.79 Å². The highest BCUT2D eigenvalue weighted by Crippen LogP contribution is 2.40. The van der Waals surface area contributed by atoms with Crippen molar-refractivity contribution in [3.8, 4) is 17.2 Å². The van der Waals surface area contributed by atoms with E-state index in [9.17, 15) is 19.8 Å². The van der Waals surface area contributed by atoms with E-state index in [2.05, 4.69) is 27.8 Å². The van der Waals surface area contributed by atoms with Gasteiger partial charge in [-0.15, -0.1) is 5.10 Å². The number of aromatic nitrogens is 4. The molecule has 1 aromatic heterocycles. The fraction of sp³-hybridized carbons (Fsp3) is 0.419. The Morgan fingerprint density at radius 3 is 1.96 bits per heavy atom. The highest BCUT2D eigenvalue weighted by Gasteiger charge is 2.21. The van der Waals surface area contributed by atoms with Crippen molar-refractivity contribution in [1.82, 2.24) is 20.2 Å². The third-order valence-electron chi connectivity index (χ3n) is 9.60. The van der Waals surface area contributed by atoms with Crippen molar-refractivity contribution in [2.75, 3.05) is 11.9 Å². The number of rotatable bonds is 24. The van der Waals surface area contributed by atoms with Crippen LogP contribution in [0.15, 0.2) is 88.9 Å². The standard InChI is InChI=1S/C43H53N5O5S/c1-2-3-4-5-6-7-8-9-10-11-12-13-14-15-16-22-29-53-38-28-27-32(42(51)52)30-37(38)44-41(50)36-31-39(34-25-20-21-26-35(34)40(36)49)54-43-45-46-47-48(43)33-23-18-17-19-24-33/h17-21,23-28,30-31,49H,2-16,22,29H2,1H3,(H,44,50)(H,51,52). The van der Waals surface area contributed by atoms with Gasteiger partial charge in [-0.05, 0) is 70.4 Å². The van der Waals surface area contributed by atoms with Gasteiger partial charge in [-0.2, -0.15) is 4.68 Å². The number of benzene rings is 4. The van der Waals surface area contributed by atoms with Crippen molar-refractivity contribution in [3.63, 3.8) is 0 Å². The van der Waals surface area contributed by atoms with Crippen LogP contribution in [0.25, 0.3) is 16.5 Å². The molecule has 0 radical (unpaired) electrons. The summed E-state index contributed by atoms with van der Waals surface area (Å²) < 4.78 is 7.68. The number of unbranched alkanes of at least 4 members (excludes halogenated alkanes) is 15. The third kappa shape index (κ3) is 11.8. The largest absolute Gasteiger partial charge is 0.506 e. The van der Waals surface area contributed by atoms with Crippen molar-refractivity contribution in [3.05, 3.63) is 90.0 Å². The zero-order valence-corrected chi connectivity index (χ0v) is 32.2.